The van der Waals surface area contributed by atoms with Gasteiger partial charge in [-0.25, -0.2) is 0 Å². The third-order valence-electron chi connectivity index (χ3n) is 3.51. The molecule has 0 radical (unpaired) electrons. The Morgan fingerprint density at radius 2 is 1.80 bits per heavy atom. The lowest BCUT2D eigenvalue weighted by Gasteiger charge is -2.09. The average Bonchev–Trinajstić information content (AvgIpc) is 3.10. The van der Waals surface area contributed by atoms with Crippen molar-refractivity contribution in [3.8, 4) is 11.3 Å². The normalized spacial score (nSPS) is 11.3. The first-order valence-electron chi connectivity index (χ1n) is 7.40. The maximum Gasteiger partial charge on any atom is 0.416 e. The summed E-state index contributed by atoms with van der Waals surface area (Å²) >= 11 is 0. The molecule has 0 atom stereocenters. The van der Waals surface area contributed by atoms with Crippen LogP contribution in [-0.2, 0) is 12.7 Å². The number of aromatic nitrogens is 1. The van der Waals surface area contributed by atoms with Gasteiger partial charge in [0.1, 0.15) is 0 Å². The van der Waals surface area contributed by atoms with Crippen molar-refractivity contribution in [3.05, 3.63) is 77.5 Å². The number of carbonyl (C=O) groups is 1. The number of benzene rings is 2. The zero-order chi connectivity index (χ0) is 17.9. The van der Waals surface area contributed by atoms with Crippen molar-refractivity contribution in [3.63, 3.8) is 0 Å². The molecular weight excluding hydrogens is 333 g/mol. The molecule has 2 aromatic carbocycles. The molecule has 0 unspecified atom stereocenters. The quantitative estimate of drug-likeness (QED) is 0.767. The number of alkyl halides is 3. The smallest absolute Gasteiger partial charge is 0.355 e. The Balaban J connectivity index is 1.67. The topological polar surface area (TPSA) is 55.1 Å². The van der Waals surface area contributed by atoms with Crippen LogP contribution in [0.3, 0.4) is 0 Å². The Morgan fingerprint density at radius 1 is 1.04 bits per heavy atom. The van der Waals surface area contributed by atoms with E-state index < -0.39 is 17.6 Å². The van der Waals surface area contributed by atoms with Crippen molar-refractivity contribution in [1.82, 2.24) is 10.5 Å². The molecule has 7 heteroatoms. The molecule has 1 amide bonds. The van der Waals surface area contributed by atoms with Crippen molar-refractivity contribution in [2.75, 3.05) is 0 Å². The van der Waals surface area contributed by atoms with Gasteiger partial charge in [-0.3, -0.25) is 4.79 Å². The summed E-state index contributed by atoms with van der Waals surface area (Å²) in [6.07, 6.45) is -4.42. The Hall–Kier alpha value is -3.09. The highest BCUT2D eigenvalue weighted by Crippen LogP contribution is 2.29. The fourth-order valence-electron chi connectivity index (χ4n) is 2.25. The highest BCUT2D eigenvalue weighted by Gasteiger charge is 2.30. The summed E-state index contributed by atoms with van der Waals surface area (Å²) in [5.41, 5.74) is 0.416. The second-order valence-electron chi connectivity index (χ2n) is 5.32. The first-order chi connectivity index (χ1) is 11.9. The van der Waals surface area contributed by atoms with E-state index in [0.717, 1.165) is 17.7 Å². The van der Waals surface area contributed by atoms with E-state index in [1.807, 2.05) is 30.3 Å². The van der Waals surface area contributed by atoms with Gasteiger partial charge in [-0.1, -0.05) is 47.6 Å². The molecule has 0 aliphatic heterocycles. The number of halogens is 3. The third kappa shape index (κ3) is 4.06. The van der Waals surface area contributed by atoms with E-state index in [-0.39, 0.29) is 12.2 Å². The van der Waals surface area contributed by atoms with E-state index in [0.29, 0.717) is 11.3 Å². The molecule has 0 saturated carbocycles. The van der Waals surface area contributed by atoms with E-state index in [9.17, 15) is 18.0 Å². The van der Waals surface area contributed by atoms with Crippen LogP contribution in [0, 0.1) is 0 Å². The van der Waals surface area contributed by atoms with Crippen LogP contribution in [0.4, 0.5) is 13.2 Å². The average molecular weight is 346 g/mol. The van der Waals surface area contributed by atoms with Crippen molar-refractivity contribution < 1.29 is 22.5 Å². The minimum atomic E-state index is -4.42. The zero-order valence-corrected chi connectivity index (χ0v) is 12.9. The Kier molecular flexibility index (Phi) is 4.56. The van der Waals surface area contributed by atoms with Crippen LogP contribution < -0.4 is 5.32 Å². The summed E-state index contributed by atoms with van der Waals surface area (Å²) in [6, 6.07) is 15.4. The van der Waals surface area contributed by atoms with Crippen LogP contribution in [0.5, 0.6) is 0 Å². The third-order valence-corrected chi connectivity index (χ3v) is 3.51. The van der Waals surface area contributed by atoms with E-state index >= 15 is 0 Å². The van der Waals surface area contributed by atoms with Crippen LogP contribution >= 0.6 is 0 Å². The monoisotopic (exact) mass is 346 g/mol. The van der Waals surface area contributed by atoms with Crippen molar-refractivity contribution in [2.24, 2.45) is 0 Å². The SMILES string of the molecule is O=C(NCc1cccc(C(F)(F)F)c1)c1cc(-c2ccccc2)on1. The van der Waals surface area contributed by atoms with Crippen LogP contribution in [0.15, 0.2) is 65.2 Å². The molecule has 128 valence electrons. The lowest BCUT2D eigenvalue weighted by atomic mass is 10.1. The molecule has 1 N–H and O–H groups in total. The van der Waals surface area contributed by atoms with Gasteiger partial charge in [-0.2, -0.15) is 13.2 Å². The summed E-state index contributed by atoms with van der Waals surface area (Å²) in [5.74, 6) is -0.0897. The number of hydrogen-bond donors (Lipinski definition) is 1. The molecule has 0 aliphatic rings. The van der Waals surface area contributed by atoms with Gasteiger partial charge in [-0.05, 0) is 17.7 Å². The van der Waals surface area contributed by atoms with Gasteiger partial charge in [0.25, 0.3) is 5.91 Å². The van der Waals surface area contributed by atoms with Gasteiger partial charge < -0.3 is 9.84 Å². The standard InChI is InChI=1S/C18H13F3N2O2/c19-18(20,21)14-8-4-5-12(9-14)11-22-17(24)15-10-16(25-23-15)13-6-2-1-3-7-13/h1-10H,11H2,(H,22,24). The fraction of sp³-hybridized carbons (Fsp3) is 0.111. The lowest BCUT2D eigenvalue weighted by molar-refractivity contribution is -0.137. The van der Waals surface area contributed by atoms with Gasteiger partial charge in [0.05, 0.1) is 5.56 Å². The molecule has 0 aliphatic carbocycles. The minimum absolute atomic E-state index is 0.0454. The predicted octanol–water partition coefficient (Wildman–Crippen LogP) is 4.29. The zero-order valence-electron chi connectivity index (χ0n) is 12.9. The summed E-state index contributed by atoms with van der Waals surface area (Å²) in [7, 11) is 0. The predicted molar refractivity (Wildman–Crippen MR) is 84.6 cm³/mol. The first-order valence-corrected chi connectivity index (χ1v) is 7.40. The minimum Gasteiger partial charge on any atom is -0.355 e. The van der Waals surface area contributed by atoms with E-state index in [4.69, 9.17) is 4.52 Å². The summed E-state index contributed by atoms with van der Waals surface area (Å²) in [5, 5.41) is 6.22. The Morgan fingerprint density at radius 3 is 2.52 bits per heavy atom. The van der Waals surface area contributed by atoms with Crippen LogP contribution in [0.1, 0.15) is 21.6 Å². The highest BCUT2D eigenvalue weighted by atomic mass is 19.4. The number of carbonyl (C=O) groups excluding carboxylic acids is 1. The fourth-order valence-corrected chi connectivity index (χ4v) is 2.25. The van der Waals surface area contributed by atoms with E-state index in [1.54, 1.807) is 0 Å². The largest absolute Gasteiger partial charge is 0.416 e. The van der Waals surface area contributed by atoms with Crippen molar-refractivity contribution in [2.45, 2.75) is 12.7 Å². The maximum atomic E-state index is 12.7. The molecule has 3 rings (SSSR count). The van der Waals surface area contributed by atoms with Crippen molar-refractivity contribution in [1.29, 1.82) is 0 Å². The summed E-state index contributed by atoms with van der Waals surface area (Å²) in [4.78, 5) is 12.1. The number of nitrogens with zero attached hydrogens (tertiary/aromatic N) is 1. The first kappa shape index (κ1) is 16.8. The van der Waals surface area contributed by atoms with Crippen LogP contribution in [0.2, 0.25) is 0 Å². The molecule has 3 aromatic rings. The van der Waals surface area contributed by atoms with Gasteiger partial charge >= 0.3 is 6.18 Å². The second kappa shape index (κ2) is 6.80. The number of rotatable bonds is 4. The van der Waals surface area contributed by atoms with Crippen LogP contribution in [-0.4, -0.2) is 11.1 Å². The lowest BCUT2D eigenvalue weighted by Crippen LogP contribution is -2.23. The van der Waals surface area contributed by atoms with Gasteiger partial charge in [0, 0.05) is 18.2 Å². The van der Waals surface area contributed by atoms with E-state index in [2.05, 4.69) is 10.5 Å². The molecule has 4 nitrogen and oxygen atoms in total. The summed E-state index contributed by atoms with van der Waals surface area (Å²) in [6.45, 7) is -0.0454. The molecule has 0 fully saturated rings. The van der Waals surface area contributed by atoms with Crippen LogP contribution in [0.25, 0.3) is 11.3 Å². The molecule has 25 heavy (non-hydrogen) atoms. The number of nitrogens with one attached hydrogen (secondary N) is 1. The summed E-state index contributed by atoms with van der Waals surface area (Å²) < 4.78 is 43.2. The molecule has 0 spiro atoms. The van der Waals surface area contributed by atoms with Gasteiger partial charge in [-0.15, -0.1) is 0 Å². The Bertz CT molecular complexity index is 873. The molecule has 0 saturated heterocycles. The molecule has 0 bridgehead atoms. The number of hydrogen-bond acceptors (Lipinski definition) is 3. The highest BCUT2D eigenvalue weighted by molar-refractivity contribution is 5.93. The molecule has 1 aromatic heterocycles. The molecule has 1 heterocycles. The van der Waals surface area contributed by atoms with Gasteiger partial charge in [0.15, 0.2) is 11.5 Å². The van der Waals surface area contributed by atoms with E-state index in [1.165, 1.54) is 18.2 Å². The molecular formula is C18H13F3N2O2. The Labute approximate surface area is 141 Å². The number of amides is 1. The second-order valence-corrected chi connectivity index (χ2v) is 5.32. The van der Waals surface area contributed by atoms with Gasteiger partial charge in [0.2, 0.25) is 0 Å². The van der Waals surface area contributed by atoms with Crippen molar-refractivity contribution >= 4 is 5.91 Å². The maximum absolute atomic E-state index is 12.7.